The maximum absolute atomic E-state index is 12.2. The van der Waals surface area contributed by atoms with E-state index in [0.717, 1.165) is 12.1 Å². The molecule has 1 atom stereocenters. The average molecular weight is 368 g/mol. The minimum absolute atomic E-state index is 0.0158. The molecule has 10 heteroatoms. The first-order valence-electron chi connectivity index (χ1n) is 7.21. The van der Waals surface area contributed by atoms with Crippen molar-refractivity contribution in [2.45, 2.75) is 26.4 Å². The summed E-state index contributed by atoms with van der Waals surface area (Å²) in [5.41, 5.74) is -0.508. The Kier molecular flexibility index (Phi) is 5.71. The quantitative estimate of drug-likeness (QED) is 0.472. The molecule has 0 aliphatic heterocycles. The first-order valence-corrected chi connectivity index (χ1v) is 7.58. The van der Waals surface area contributed by atoms with Gasteiger partial charge in [0.2, 0.25) is 0 Å². The number of benzene rings is 1. The Morgan fingerprint density at radius 2 is 2.16 bits per heavy atom. The molecule has 1 aromatic heterocycles. The highest BCUT2D eigenvalue weighted by atomic mass is 35.5. The number of carbonyl (C=O) groups excluding carboxylic acids is 2. The molecule has 0 saturated carbocycles. The van der Waals surface area contributed by atoms with Crippen molar-refractivity contribution in [2.75, 3.05) is 5.32 Å². The van der Waals surface area contributed by atoms with Crippen LogP contribution in [0.5, 0.6) is 0 Å². The topological polar surface area (TPSA) is 125 Å². The highest BCUT2D eigenvalue weighted by molar-refractivity contribution is 6.33. The van der Waals surface area contributed by atoms with E-state index in [1.165, 1.54) is 12.1 Å². The molecule has 0 radical (unpaired) electrons. The van der Waals surface area contributed by atoms with Gasteiger partial charge in [0.25, 0.3) is 11.6 Å². The average Bonchev–Trinajstić information content (AvgIpc) is 2.97. The molecule has 0 aliphatic carbocycles. The minimum atomic E-state index is -1.13. The Hall–Kier alpha value is -2.94. The maximum atomic E-state index is 12.2. The van der Waals surface area contributed by atoms with Gasteiger partial charge in [-0.3, -0.25) is 14.9 Å². The number of nitrogens with one attached hydrogen (secondary N) is 1. The van der Waals surface area contributed by atoms with Crippen LogP contribution in [0, 0.1) is 17.0 Å². The molecule has 25 heavy (non-hydrogen) atoms. The summed E-state index contributed by atoms with van der Waals surface area (Å²) in [7, 11) is 0. The number of amides is 1. The number of ether oxygens (including phenoxy) is 1. The van der Waals surface area contributed by atoms with Gasteiger partial charge in [-0.25, -0.2) is 4.79 Å². The van der Waals surface area contributed by atoms with Gasteiger partial charge in [0.15, 0.2) is 11.9 Å². The predicted molar refractivity (Wildman–Crippen MR) is 87.5 cm³/mol. The van der Waals surface area contributed by atoms with Crippen LogP contribution < -0.4 is 5.32 Å². The normalized spacial score (nSPS) is 11.6. The highest BCUT2D eigenvalue weighted by Gasteiger charge is 2.25. The van der Waals surface area contributed by atoms with Gasteiger partial charge in [0, 0.05) is 18.2 Å². The van der Waals surface area contributed by atoms with Gasteiger partial charge in [0.05, 0.1) is 15.5 Å². The Balaban J connectivity index is 2.12. The van der Waals surface area contributed by atoms with Crippen LogP contribution in [0.4, 0.5) is 11.5 Å². The number of hydrogen-bond donors (Lipinski definition) is 1. The molecule has 0 bridgehead atoms. The van der Waals surface area contributed by atoms with Gasteiger partial charge < -0.3 is 14.6 Å². The number of anilines is 1. The van der Waals surface area contributed by atoms with Gasteiger partial charge in [-0.1, -0.05) is 23.7 Å². The van der Waals surface area contributed by atoms with Crippen molar-refractivity contribution in [3.63, 3.8) is 0 Å². The fourth-order valence-corrected chi connectivity index (χ4v) is 2.12. The van der Waals surface area contributed by atoms with Crippen LogP contribution in [0.15, 0.2) is 28.8 Å². The van der Waals surface area contributed by atoms with Crippen molar-refractivity contribution in [3.8, 4) is 0 Å². The lowest BCUT2D eigenvalue weighted by molar-refractivity contribution is -0.384. The van der Waals surface area contributed by atoms with Crippen LogP contribution in [0.1, 0.15) is 29.5 Å². The van der Waals surface area contributed by atoms with Gasteiger partial charge in [-0.2, -0.15) is 0 Å². The van der Waals surface area contributed by atoms with E-state index in [1.807, 2.05) is 0 Å². The number of nitrogens with zero attached hydrogens (tertiary/aromatic N) is 2. The largest absolute Gasteiger partial charge is 0.449 e. The van der Waals surface area contributed by atoms with Crippen LogP contribution in [0.25, 0.3) is 0 Å². The molecule has 2 aromatic rings. The standard InChI is InChI=1S/C15H14ClN3O6/c1-3-12(14(20)17-13-6-8(2)25-18-13)24-15(21)10-7-9(19(22)23)4-5-11(10)16/h4-7,12H,3H2,1-2H3,(H,17,18,20)/t12-/m1/s1. The molecule has 9 nitrogen and oxygen atoms in total. The first-order chi connectivity index (χ1) is 11.8. The van der Waals surface area contributed by atoms with E-state index in [0.29, 0.717) is 5.76 Å². The maximum Gasteiger partial charge on any atom is 0.340 e. The number of carbonyl (C=O) groups is 2. The molecule has 0 fully saturated rings. The van der Waals surface area contributed by atoms with Crippen LogP contribution in [0.3, 0.4) is 0 Å². The molecule has 2 rings (SSSR count). The summed E-state index contributed by atoms with van der Waals surface area (Å²) in [6, 6.07) is 4.88. The molecular weight excluding hydrogens is 354 g/mol. The Morgan fingerprint density at radius 1 is 1.44 bits per heavy atom. The first kappa shape index (κ1) is 18.4. The van der Waals surface area contributed by atoms with E-state index >= 15 is 0 Å². The van der Waals surface area contributed by atoms with Crippen molar-refractivity contribution < 1.29 is 23.8 Å². The van der Waals surface area contributed by atoms with Gasteiger partial charge >= 0.3 is 5.97 Å². The van der Waals surface area contributed by atoms with E-state index in [4.69, 9.17) is 20.9 Å². The van der Waals surface area contributed by atoms with Crippen molar-refractivity contribution in [3.05, 3.63) is 50.7 Å². The van der Waals surface area contributed by atoms with E-state index in [1.54, 1.807) is 13.8 Å². The minimum Gasteiger partial charge on any atom is -0.449 e. The number of nitro groups is 1. The molecular formula is C15H14ClN3O6. The molecule has 1 amide bonds. The second-order valence-corrected chi connectivity index (χ2v) is 5.44. The summed E-state index contributed by atoms with van der Waals surface area (Å²) in [5.74, 6) is -0.855. The Bertz CT molecular complexity index is 819. The van der Waals surface area contributed by atoms with Gasteiger partial charge in [-0.15, -0.1) is 0 Å². The number of aromatic nitrogens is 1. The number of aryl methyl sites for hydroxylation is 1. The van der Waals surface area contributed by atoms with Gasteiger partial charge in [-0.05, 0) is 19.4 Å². The van der Waals surface area contributed by atoms with Gasteiger partial charge in [0.1, 0.15) is 5.76 Å². The van der Waals surface area contributed by atoms with E-state index in [2.05, 4.69) is 10.5 Å². The van der Waals surface area contributed by atoms with E-state index in [-0.39, 0.29) is 28.5 Å². The number of non-ortho nitro benzene ring substituents is 1. The molecule has 0 saturated heterocycles. The van der Waals surface area contributed by atoms with Crippen LogP contribution in [0.2, 0.25) is 5.02 Å². The SMILES string of the molecule is CC[C@@H](OC(=O)c1cc([N+](=O)[O-])ccc1Cl)C(=O)Nc1cc(C)on1. The molecule has 1 aromatic carbocycles. The van der Waals surface area contributed by atoms with Crippen LogP contribution in [-0.4, -0.2) is 28.1 Å². The summed E-state index contributed by atoms with van der Waals surface area (Å²) < 4.78 is 9.95. The molecule has 0 aliphatic rings. The summed E-state index contributed by atoms with van der Waals surface area (Å²) in [6.45, 7) is 3.30. The lowest BCUT2D eigenvalue weighted by atomic mass is 10.2. The molecule has 132 valence electrons. The number of rotatable bonds is 6. The fraction of sp³-hybridized carbons (Fsp3) is 0.267. The summed E-state index contributed by atoms with van der Waals surface area (Å²) in [4.78, 5) is 34.5. The highest BCUT2D eigenvalue weighted by Crippen LogP contribution is 2.23. The van der Waals surface area contributed by atoms with Crippen molar-refractivity contribution in [2.24, 2.45) is 0 Å². The zero-order valence-corrected chi connectivity index (χ0v) is 14.1. The molecule has 0 spiro atoms. The lowest BCUT2D eigenvalue weighted by Gasteiger charge is -2.15. The van der Waals surface area contributed by atoms with Crippen LogP contribution >= 0.6 is 11.6 Å². The third-order valence-corrected chi connectivity index (χ3v) is 3.50. The van der Waals surface area contributed by atoms with Crippen molar-refractivity contribution >= 4 is 35.0 Å². The fourth-order valence-electron chi connectivity index (χ4n) is 1.93. The zero-order valence-electron chi connectivity index (χ0n) is 13.3. The summed E-state index contributed by atoms with van der Waals surface area (Å²) in [6.07, 6.45) is -0.944. The lowest BCUT2D eigenvalue weighted by Crippen LogP contribution is -2.32. The number of nitro benzene ring substituents is 1. The second-order valence-electron chi connectivity index (χ2n) is 5.04. The third kappa shape index (κ3) is 4.54. The number of halogens is 1. The molecule has 0 unspecified atom stereocenters. The molecule has 1 N–H and O–H groups in total. The molecule has 1 heterocycles. The van der Waals surface area contributed by atoms with E-state index < -0.39 is 22.9 Å². The van der Waals surface area contributed by atoms with Crippen molar-refractivity contribution in [1.29, 1.82) is 0 Å². The Morgan fingerprint density at radius 3 is 2.72 bits per heavy atom. The zero-order chi connectivity index (χ0) is 18.6. The monoisotopic (exact) mass is 367 g/mol. The smallest absolute Gasteiger partial charge is 0.340 e. The Labute approximate surface area is 147 Å². The van der Waals surface area contributed by atoms with Crippen molar-refractivity contribution in [1.82, 2.24) is 5.16 Å². The summed E-state index contributed by atoms with van der Waals surface area (Å²) >= 11 is 5.89. The third-order valence-electron chi connectivity index (χ3n) is 3.17. The second kappa shape index (κ2) is 7.75. The van der Waals surface area contributed by atoms with Crippen LogP contribution in [-0.2, 0) is 9.53 Å². The summed E-state index contributed by atoms with van der Waals surface area (Å²) in [5, 5.41) is 16.9. The number of hydrogen-bond acceptors (Lipinski definition) is 7. The van der Waals surface area contributed by atoms with E-state index in [9.17, 15) is 19.7 Å². The predicted octanol–water partition coefficient (Wildman–Crippen LogP) is 3.12. The number of esters is 1.